The van der Waals surface area contributed by atoms with Gasteiger partial charge in [-0.05, 0) is 82.9 Å². The zero-order chi connectivity index (χ0) is 29.5. The van der Waals surface area contributed by atoms with Gasteiger partial charge in [-0.3, -0.25) is 0 Å². The molecule has 3 heterocycles. The summed E-state index contributed by atoms with van der Waals surface area (Å²) in [4.78, 5) is 25.4. The molecule has 4 rings (SSSR count). The summed E-state index contributed by atoms with van der Waals surface area (Å²) in [6.45, 7) is 10.1. The Morgan fingerprint density at radius 3 is 2.83 bits per heavy atom. The van der Waals surface area contributed by atoms with E-state index in [4.69, 9.17) is 35.8 Å². The van der Waals surface area contributed by atoms with Crippen molar-refractivity contribution < 1.29 is 24.1 Å². The zero-order valence-corrected chi connectivity index (χ0v) is 25.8. The smallest absolute Gasteiger partial charge is 0.410 e. The SMILES string of the molecule is CCOC(=O)N1CCOC[C@@H]1CCc1nc(-c2cc(OCC(O)CNC)ccc2Cl)nc(-c2c(C)nsc2C)c1C. The Balaban J connectivity index is 1.70. The third-order valence-corrected chi connectivity index (χ3v) is 8.19. The summed E-state index contributed by atoms with van der Waals surface area (Å²) < 4.78 is 21.4. The number of likely N-dealkylation sites (N-methyl/N-ethyl adjacent to an activating group) is 1. The van der Waals surface area contributed by atoms with E-state index >= 15 is 0 Å². The molecule has 1 aromatic carbocycles. The number of nitrogens with zero attached hydrogens (tertiary/aromatic N) is 4. The van der Waals surface area contributed by atoms with E-state index in [1.807, 2.05) is 20.8 Å². The van der Waals surface area contributed by atoms with Gasteiger partial charge in [0.25, 0.3) is 0 Å². The van der Waals surface area contributed by atoms with Gasteiger partial charge in [0.2, 0.25) is 0 Å². The number of hydrogen-bond acceptors (Lipinski definition) is 10. The summed E-state index contributed by atoms with van der Waals surface area (Å²) in [6.07, 6.45) is 0.275. The fourth-order valence-electron chi connectivity index (χ4n) is 4.89. The van der Waals surface area contributed by atoms with Crippen molar-refractivity contribution in [3.05, 3.63) is 45.1 Å². The first-order valence-corrected chi connectivity index (χ1v) is 15.0. The van der Waals surface area contributed by atoms with Crippen LogP contribution in [0.4, 0.5) is 4.79 Å². The van der Waals surface area contributed by atoms with E-state index in [1.165, 1.54) is 11.5 Å². The summed E-state index contributed by atoms with van der Waals surface area (Å²) >= 11 is 8.12. The highest BCUT2D eigenvalue weighted by molar-refractivity contribution is 7.06. The molecule has 3 aromatic rings. The van der Waals surface area contributed by atoms with Crippen LogP contribution in [0.25, 0.3) is 22.6 Å². The van der Waals surface area contributed by atoms with Gasteiger partial charge in [-0.25, -0.2) is 14.8 Å². The highest BCUT2D eigenvalue weighted by atomic mass is 35.5. The average Bonchev–Trinajstić information content (AvgIpc) is 3.29. The lowest BCUT2D eigenvalue weighted by Crippen LogP contribution is -2.49. The first-order chi connectivity index (χ1) is 19.7. The van der Waals surface area contributed by atoms with Crippen molar-refractivity contribution in [3.63, 3.8) is 0 Å². The molecule has 0 bridgehead atoms. The van der Waals surface area contributed by atoms with E-state index in [2.05, 4.69) is 9.69 Å². The van der Waals surface area contributed by atoms with Gasteiger partial charge in [-0.15, -0.1) is 0 Å². The van der Waals surface area contributed by atoms with Crippen LogP contribution in [0.5, 0.6) is 5.75 Å². The molecule has 41 heavy (non-hydrogen) atoms. The molecule has 10 nitrogen and oxygen atoms in total. The van der Waals surface area contributed by atoms with Crippen molar-refractivity contribution in [3.8, 4) is 28.4 Å². The largest absolute Gasteiger partial charge is 0.491 e. The Kier molecular flexibility index (Phi) is 10.9. The third kappa shape index (κ3) is 7.52. The summed E-state index contributed by atoms with van der Waals surface area (Å²) in [6, 6.07) is 5.19. The molecule has 1 fully saturated rings. The number of aryl methyl sites for hydroxylation is 3. The lowest BCUT2D eigenvalue weighted by Gasteiger charge is -2.34. The Hall–Kier alpha value is -2.83. The number of aliphatic hydroxyl groups is 1. The van der Waals surface area contributed by atoms with E-state index in [1.54, 1.807) is 37.1 Å². The van der Waals surface area contributed by atoms with Crippen LogP contribution in [-0.2, 0) is 15.9 Å². The minimum absolute atomic E-state index is 0.125. The highest BCUT2D eigenvalue weighted by Crippen LogP contribution is 2.36. The fraction of sp³-hybridized carbons (Fsp3) is 0.517. The predicted octanol–water partition coefficient (Wildman–Crippen LogP) is 4.59. The Labute approximate surface area is 250 Å². The molecule has 1 saturated heterocycles. The number of halogens is 1. The lowest BCUT2D eigenvalue weighted by atomic mass is 9.99. The first kappa shape index (κ1) is 31.1. The van der Waals surface area contributed by atoms with Gasteiger partial charge in [-0.1, -0.05) is 11.6 Å². The molecule has 222 valence electrons. The van der Waals surface area contributed by atoms with E-state index in [-0.39, 0.29) is 18.7 Å². The van der Waals surface area contributed by atoms with Crippen LogP contribution >= 0.6 is 23.1 Å². The predicted molar refractivity (Wildman–Crippen MR) is 160 cm³/mol. The molecule has 1 aliphatic rings. The maximum absolute atomic E-state index is 12.6. The molecule has 2 N–H and O–H groups in total. The van der Waals surface area contributed by atoms with Crippen LogP contribution in [0, 0.1) is 20.8 Å². The number of nitrogens with one attached hydrogen (secondary N) is 1. The van der Waals surface area contributed by atoms with E-state index in [0.717, 1.165) is 33.1 Å². The topological polar surface area (TPSA) is 119 Å². The lowest BCUT2D eigenvalue weighted by molar-refractivity contribution is -0.0103. The number of ether oxygens (including phenoxy) is 3. The Morgan fingerprint density at radius 2 is 2.12 bits per heavy atom. The van der Waals surface area contributed by atoms with Crippen molar-refractivity contribution in [2.45, 2.75) is 52.7 Å². The maximum Gasteiger partial charge on any atom is 0.410 e. The molecular weight excluding hydrogens is 566 g/mol. The van der Waals surface area contributed by atoms with Crippen LogP contribution in [0.3, 0.4) is 0 Å². The number of aliphatic hydroxyl groups excluding tert-OH is 1. The molecule has 0 radical (unpaired) electrons. The average molecular weight is 604 g/mol. The molecule has 0 spiro atoms. The molecular formula is C29H38ClN5O5S. The molecule has 2 atom stereocenters. The second-order valence-electron chi connectivity index (χ2n) is 9.99. The number of aromatic nitrogens is 3. The zero-order valence-electron chi connectivity index (χ0n) is 24.2. The third-order valence-electron chi connectivity index (χ3n) is 7.02. The van der Waals surface area contributed by atoms with Gasteiger partial charge in [0.05, 0.1) is 42.3 Å². The normalized spacial score (nSPS) is 16.1. The molecule has 12 heteroatoms. The van der Waals surface area contributed by atoms with E-state index in [0.29, 0.717) is 67.9 Å². The van der Waals surface area contributed by atoms with Crippen LogP contribution in [0.15, 0.2) is 18.2 Å². The molecule has 1 amide bonds. The standard InChI is InChI=1S/C29H38ClN5O5S/c1-6-39-29(37)35-11-12-38-15-20(35)7-10-25-17(2)27(26-18(3)34-41-19(26)4)33-28(32-25)23-13-22(8-9-24(23)30)40-16-21(36)14-31-5/h8-9,13,20-21,31,36H,6-7,10-12,14-16H2,1-5H3/t20-,21?/m0/s1. The van der Waals surface area contributed by atoms with E-state index in [9.17, 15) is 9.90 Å². The number of benzene rings is 1. The number of hydrogen-bond donors (Lipinski definition) is 2. The van der Waals surface area contributed by atoms with Gasteiger partial charge in [-0.2, -0.15) is 4.37 Å². The van der Waals surface area contributed by atoms with Crippen LogP contribution < -0.4 is 10.1 Å². The number of carbonyl (C=O) groups is 1. The van der Waals surface area contributed by atoms with Crippen molar-refractivity contribution >= 4 is 29.2 Å². The Bertz CT molecular complexity index is 1330. The number of amides is 1. The number of rotatable bonds is 11. The van der Waals surface area contributed by atoms with Crippen molar-refractivity contribution in [2.75, 3.05) is 46.6 Å². The fourth-order valence-corrected chi connectivity index (χ4v) is 5.79. The molecule has 1 aliphatic heterocycles. The van der Waals surface area contributed by atoms with Gasteiger partial charge in [0, 0.05) is 34.8 Å². The molecule has 1 unspecified atom stereocenters. The summed E-state index contributed by atoms with van der Waals surface area (Å²) in [7, 11) is 1.77. The second-order valence-corrected chi connectivity index (χ2v) is 11.4. The van der Waals surface area contributed by atoms with Gasteiger partial charge >= 0.3 is 6.09 Å². The molecule has 0 saturated carbocycles. The summed E-state index contributed by atoms with van der Waals surface area (Å²) in [5, 5.41) is 13.5. The summed E-state index contributed by atoms with van der Waals surface area (Å²) in [5.74, 6) is 1.03. The minimum Gasteiger partial charge on any atom is -0.491 e. The van der Waals surface area contributed by atoms with Gasteiger partial charge in [0.15, 0.2) is 5.82 Å². The van der Waals surface area contributed by atoms with E-state index < -0.39 is 6.10 Å². The monoisotopic (exact) mass is 603 g/mol. The van der Waals surface area contributed by atoms with Crippen LogP contribution in [0.2, 0.25) is 5.02 Å². The van der Waals surface area contributed by atoms with Crippen molar-refractivity contribution in [1.82, 2.24) is 24.6 Å². The number of carbonyl (C=O) groups excluding carboxylic acids is 1. The first-order valence-electron chi connectivity index (χ1n) is 13.8. The van der Waals surface area contributed by atoms with Gasteiger partial charge in [0.1, 0.15) is 18.5 Å². The minimum atomic E-state index is -0.650. The van der Waals surface area contributed by atoms with Crippen molar-refractivity contribution in [2.24, 2.45) is 0 Å². The number of morpholine rings is 1. The maximum atomic E-state index is 12.6. The quantitative estimate of drug-likeness (QED) is 0.324. The van der Waals surface area contributed by atoms with Crippen LogP contribution in [0.1, 0.15) is 35.2 Å². The summed E-state index contributed by atoms with van der Waals surface area (Å²) in [5.41, 5.74) is 5.15. The Morgan fingerprint density at radius 1 is 1.32 bits per heavy atom. The highest BCUT2D eigenvalue weighted by Gasteiger charge is 2.29. The van der Waals surface area contributed by atoms with Gasteiger partial charge < -0.3 is 29.5 Å². The van der Waals surface area contributed by atoms with Crippen molar-refractivity contribution in [1.29, 1.82) is 0 Å². The second kappa shape index (κ2) is 14.4. The molecule has 0 aliphatic carbocycles. The van der Waals surface area contributed by atoms with Crippen LogP contribution in [-0.4, -0.2) is 89.2 Å². The molecule has 2 aromatic heterocycles.